The second kappa shape index (κ2) is 6.60. The van der Waals surface area contributed by atoms with Crippen molar-refractivity contribution in [3.63, 3.8) is 0 Å². The molecule has 2 nitrogen and oxygen atoms in total. The smallest absolute Gasteiger partial charge is 0.348 e. The zero-order valence-electron chi connectivity index (χ0n) is 16.0. The quantitative estimate of drug-likeness (QED) is 0.533. The number of allylic oxidation sites excluding steroid dienone is 3. The number of aliphatic imine (C=N–C) groups is 1. The third kappa shape index (κ3) is 3.81. The molecular weight excluding hydrogens is 314 g/mol. The third-order valence-electron chi connectivity index (χ3n) is 4.01. The summed E-state index contributed by atoms with van der Waals surface area (Å²) in [5.74, 6) is 2.83. The van der Waals surface area contributed by atoms with Crippen molar-refractivity contribution in [3.05, 3.63) is 40.4 Å². The minimum atomic E-state index is -1.61. The molecule has 0 saturated heterocycles. The largest absolute Gasteiger partial charge is 0.550 e. The van der Waals surface area contributed by atoms with Gasteiger partial charge >= 0.3 is 7.12 Å². The summed E-state index contributed by atoms with van der Waals surface area (Å²) in [6.07, 6.45) is 2.06. The summed E-state index contributed by atoms with van der Waals surface area (Å²) in [4.78, 5) is 4.62. The lowest BCUT2D eigenvalue weighted by Crippen LogP contribution is -2.24. The molecule has 0 N–H and O–H groups in total. The number of halogens is 1. The van der Waals surface area contributed by atoms with Gasteiger partial charge in [0.1, 0.15) is 8.07 Å². The fraction of sp³-hybridized carbons (Fsp3) is 0.421. The summed E-state index contributed by atoms with van der Waals surface area (Å²) < 4.78 is 16.7. The highest BCUT2D eigenvalue weighted by Gasteiger charge is 2.25. The Morgan fingerprint density at radius 1 is 1.21 bits per heavy atom. The first kappa shape index (κ1) is 18.5. The standard InChI is InChI=1S/C19H26BFN2Si/c1-13-11-15(3)22-18(13)17(5)19-14(2)12-16(4)23(19)20(21)9-10-24(6,7)8/h11-12H,1-8H3/b18-17-. The molecule has 0 unspecified atom stereocenters. The van der Waals surface area contributed by atoms with Crippen molar-refractivity contribution in [1.82, 2.24) is 4.48 Å². The zero-order chi connectivity index (χ0) is 18.2. The van der Waals surface area contributed by atoms with E-state index in [-0.39, 0.29) is 0 Å². The van der Waals surface area contributed by atoms with Gasteiger partial charge in [-0.05, 0) is 63.5 Å². The van der Waals surface area contributed by atoms with Crippen LogP contribution in [0.25, 0.3) is 5.57 Å². The Kier molecular flexibility index (Phi) is 5.10. The summed E-state index contributed by atoms with van der Waals surface area (Å²) in [6, 6.07) is 2.02. The fourth-order valence-corrected chi connectivity index (χ4v) is 3.65. The monoisotopic (exact) mass is 340 g/mol. The van der Waals surface area contributed by atoms with E-state index < -0.39 is 15.2 Å². The number of hydrogen-bond donors (Lipinski definition) is 0. The first-order valence-corrected chi connectivity index (χ1v) is 11.8. The molecule has 2 rings (SSSR count). The molecule has 2 heterocycles. The van der Waals surface area contributed by atoms with Crippen LogP contribution in [-0.4, -0.2) is 25.4 Å². The van der Waals surface area contributed by atoms with Crippen molar-refractivity contribution in [3.8, 4) is 11.4 Å². The topological polar surface area (TPSA) is 17.3 Å². The molecule has 0 aromatic carbocycles. The van der Waals surface area contributed by atoms with E-state index in [1.807, 2.05) is 40.7 Å². The van der Waals surface area contributed by atoms with Gasteiger partial charge in [-0.25, -0.2) is 0 Å². The lowest BCUT2D eigenvalue weighted by Gasteiger charge is -2.14. The minimum Gasteiger partial charge on any atom is -0.348 e. The van der Waals surface area contributed by atoms with Crippen LogP contribution in [0.1, 0.15) is 37.7 Å². The molecule has 0 spiro atoms. The summed E-state index contributed by atoms with van der Waals surface area (Å²) in [7, 11) is -2.94. The van der Waals surface area contributed by atoms with Crippen molar-refractivity contribution < 1.29 is 4.32 Å². The summed E-state index contributed by atoms with van der Waals surface area (Å²) in [6.45, 7) is 16.4. The van der Waals surface area contributed by atoms with Crippen molar-refractivity contribution in [2.75, 3.05) is 0 Å². The lowest BCUT2D eigenvalue weighted by atomic mass is 9.87. The second-order valence-corrected chi connectivity index (χ2v) is 12.3. The van der Waals surface area contributed by atoms with E-state index in [1.54, 1.807) is 4.48 Å². The average Bonchev–Trinajstić information content (AvgIpc) is 2.93. The van der Waals surface area contributed by atoms with Crippen LogP contribution in [0.2, 0.25) is 19.6 Å². The molecule has 0 aliphatic carbocycles. The molecule has 24 heavy (non-hydrogen) atoms. The normalized spacial score (nSPS) is 16.4. The van der Waals surface area contributed by atoms with Gasteiger partial charge in [0.15, 0.2) is 0 Å². The number of rotatable bonds is 2. The second-order valence-electron chi connectivity index (χ2n) is 7.60. The predicted molar refractivity (Wildman–Crippen MR) is 107 cm³/mol. The van der Waals surface area contributed by atoms with Gasteiger partial charge < -0.3 is 4.48 Å². The molecule has 1 aromatic rings. The maximum atomic E-state index is 15.0. The van der Waals surface area contributed by atoms with E-state index in [4.69, 9.17) is 0 Å². The molecule has 126 valence electrons. The van der Waals surface area contributed by atoms with Crippen LogP contribution in [0.4, 0.5) is 4.32 Å². The van der Waals surface area contributed by atoms with E-state index in [2.05, 4.69) is 42.1 Å². The van der Waals surface area contributed by atoms with Gasteiger partial charge in [0, 0.05) is 17.1 Å². The highest BCUT2D eigenvalue weighted by Crippen LogP contribution is 2.31. The van der Waals surface area contributed by atoms with Crippen molar-refractivity contribution in [2.24, 2.45) is 4.99 Å². The molecule has 0 amide bonds. The van der Waals surface area contributed by atoms with Crippen LogP contribution in [0.5, 0.6) is 0 Å². The average molecular weight is 340 g/mol. The molecule has 1 aromatic heterocycles. The summed E-state index contributed by atoms with van der Waals surface area (Å²) >= 11 is 0. The number of aryl methyl sites for hydroxylation is 2. The van der Waals surface area contributed by atoms with Gasteiger partial charge in [0.25, 0.3) is 0 Å². The first-order valence-electron chi connectivity index (χ1n) is 8.31. The highest BCUT2D eigenvalue weighted by atomic mass is 28.3. The van der Waals surface area contributed by atoms with Gasteiger partial charge in [0.05, 0.1) is 5.70 Å². The highest BCUT2D eigenvalue weighted by molar-refractivity contribution is 6.85. The van der Waals surface area contributed by atoms with Crippen LogP contribution in [0.3, 0.4) is 0 Å². The van der Waals surface area contributed by atoms with Gasteiger partial charge in [-0.3, -0.25) is 9.31 Å². The van der Waals surface area contributed by atoms with Crippen molar-refractivity contribution >= 4 is 26.5 Å². The zero-order valence-corrected chi connectivity index (χ0v) is 17.0. The van der Waals surface area contributed by atoms with Crippen LogP contribution >= 0.6 is 0 Å². The molecule has 0 atom stereocenters. The maximum Gasteiger partial charge on any atom is 0.550 e. The van der Waals surface area contributed by atoms with E-state index in [1.165, 1.54) is 0 Å². The molecule has 5 heteroatoms. The molecule has 0 fully saturated rings. The lowest BCUT2D eigenvalue weighted by molar-refractivity contribution is 0.801. The Bertz CT molecular complexity index is 826. The fourth-order valence-electron chi connectivity index (χ4n) is 3.10. The minimum absolute atomic E-state index is 0.889. The van der Waals surface area contributed by atoms with E-state index in [0.29, 0.717) is 0 Å². The summed E-state index contributed by atoms with van der Waals surface area (Å²) in [5, 5.41) is 0. The SMILES string of the molecule is CC1=CC(C)=N/C1=C(/C)c1c(C)cc(C)n1B(F)C#C[Si](C)(C)C. The van der Waals surface area contributed by atoms with E-state index >= 15 is 0 Å². The molecule has 0 bridgehead atoms. The third-order valence-corrected chi connectivity index (χ3v) is 4.90. The Labute approximate surface area is 146 Å². The van der Waals surface area contributed by atoms with Crippen LogP contribution < -0.4 is 0 Å². The summed E-state index contributed by atoms with van der Waals surface area (Å²) in [5.41, 5.74) is 10.0. The van der Waals surface area contributed by atoms with Crippen LogP contribution in [0.15, 0.2) is 28.4 Å². The van der Waals surface area contributed by atoms with Gasteiger partial charge in [-0.15, -0.1) is 5.54 Å². The molecule has 0 saturated carbocycles. The van der Waals surface area contributed by atoms with Gasteiger partial charge in [0.2, 0.25) is 0 Å². The van der Waals surface area contributed by atoms with Crippen molar-refractivity contribution in [1.29, 1.82) is 0 Å². The van der Waals surface area contributed by atoms with Crippen LogP contribution in [0, 0.1) is 25.2 Å². The van der Waals surface area contributed by atoms with Gasteiger partial charge in [-0.1, -0.05) is 25.5 Å². The molecular formula is C19H26BFN2Si. The Morgan fingerprint density at radius 2 is 1.83 bits per heavy atom. The van der Waals surface area contributed by atoms with Crippen molar-refractivity contribution in [2.45, 2.75) is 54.3 Å². The van der Waals surface area contributed by atoms with E-state index in [0.717, 1.165) is 39.5 Å². The number of aromatic nitrogens is 1. The Morgan fingerprint density at radius 3 is 2.33 bits per heavy atom. The number of hydrogen-bond acceptors (Lipinski definition) is 1. The van der Waals surface area contributed by atoms with Gasteiger partial charge in [-0.2, -0.15) is 0 Å². The molecule has 0 radical (unpaired) electrons. The molecule has 1 aliphatic heterocycles. The Hall–Kier alpha value is -1.80. The van der Waals surface area contributed by atoms with E-state index in [9.17, 15) is 4.32 Å². The Balaban J connectivity index is 2.59. The maximum absolute atomic E-state index is 15.0. The first-order chi connectivity index (χ1) is 11.0. The number of nitrogens with zero attached hydrogens (tertiary/aromatic N) is 2. The van der Waals surface area contributed by atoms with Crippen LogP contribution in [-0.2, 0) is 0 Å². The molecule has 1 aliphatic rings. The predicted octanol–water partition coefficient (Wildman–Crippen LogP) is 4.98.